The molecule has 3 nitrogen and oxygen atoms in total. The van der Waals surface area contributed by atoms with Crippen molar-refractivity contribution in [2.45, 2.75) is 13.8 Å². The van der Waals surface area contributed by atoms with E-state index in [0.717, 1.165) is 15.6 Å². The maximum absolute atomic E-state index is 12.7. The Morgan fingerprint density at radius 1 is 1.09 bits per heavy atom. The third kappa shape index (κ3) is 4.39. The fraction of sp³-hybridized carbons (Fsp3) is 0.158. The fourth-order valence-corrected chi connectivity index (χ4v) is 2.35. The number of benzene rings is 2. The summed E-state index contributed by atoms with van der Waals surface area (Å²) in [7, 11) is 0. The molecule has 0 amide bonds. The first-order valence-electron chi connectivity index (χ1n) is 7.27. The summed E-state index contributed by atoms with van der Waals surface area (Å²) in [6.07, 6.45) is 1.59. The topological polar surface area (TPSA) is 43.4 Å². The summed E-state index contributed by atoms with van der Waals surface area (Å²) in [5.74, 6) is -0.956. The van der Waals surface area contributed by atoms with E-state index in [2.05, 4.69) is 15.9 Å². The lowest BCUT2D eigenvalue weighted by Gasteiger charge is -2.08. The molecule has 0 heterocycles. The maximum Gasteiger partial charge on any atom is 0.342 e. The number of halogens is 1. The molecule has 0 unspecified atom stereocenters. The van der Waals surface area contributed by atoms with Crippen LogP contribution < -0.4 is 0 Å². The van der Waals surface area contributed by atoms with Crippen LogP contribution in [0.3, 0.4) is 0 Å². The molecule has 118 valence electrons. The van der Waals surface area contributed by atoms with E-state index >= 15 is 0 Å². The van der Waals surface area contributed by atoms with Crippen LogP contribution in [0.15, 0.2) is 58.6 Å². The SMILES string of the molecule is CCOC(=O)C(=Cc1ccccc1C)C(=O)c1ccc(Br)cc1. The fourth-order valence-electron chi connectivity index (χ4n) is 2.09. The van der Waals surface area contributed by atoms with Gasteiger partial charge in [-0.3, -0.25) is 4.79 Å². The molecule has 0 spiro atoms. The molecule has 0 aliphatic rings. The van der Waals surface area contributed by atoms with E-state index in [4.69, 9.17) is 4.74 Å². The van der Waals surface area contributed by atoms with Gasteiger partial charge in [-0.15, -0.1) is 0 Å². The summed E-state index contributed by atoms with van der Waals surface area (Å²) in [5.41, 5.74) is 2.28. The maximum atomic E-state index is 12.7. The zero-order valence-electron chi connectivity index (χ0n) is 13.0. The Balaban J connectivity index is 2.46. The highest BCUT2D eigenvalue weighted by Gasteiger charge is 2.21. The van der Waals surface area contributed by atoms with Gasteiger partial charge in [-0.25, -0.2) is 4.79 Å². The Kier molecular flexibility index (Phi) is 5.88. The second-order valence-electron chi connectivity index (χ2n) is 4.97. The molecule has 0 radical (unpaired) electrons. The van der Waals surface area contributed by atoms with Gasteiger partial charge in [0.2, 0.25) is 0 Å². The van der Waals surface area contributed by atoms with E-state index in [0.29, 0.717) is 5.56 Å². The second-order valence-corrected chi connectivity index (χ2v) is 5.89. The van der Waals surface area contributed by atoms with Crippen LogP contribution in [-0.4, -0.2) is 18.4 Å². The molecule has 2 aromatic carbocycles. The van der Waals surface area contributed by atoms with E-state index in [9.17, 15) is 9.59 Å². The van der Waals surface area contributed by atoms with Crippen molar-refractivity contribution in [3.05, 3.63) is 75.3 Å². The van der Waals surface area contributed by atoms with Gasteiger partial charge in [0, 0.05) is 10.0 Å². The molecular weight excluding hydrogens is 356 g/mol. The largest absolute Gasteiger partial charge is 0.462 e. The number of esters is 1. The van der Waals surface area contributed by atoms with Crippen molar-refractivity contribution in [1.29, 1.82) is 0 Å². The standard InChI is InChI=1S/C19H17BrO3/c1-3-23-19(22)17(12-15-7-5-4-6-13(15)2)18(21)14-8-10-16(20)11-9-14/h4-12H,3H2,1-2H3. The van der Waals surface area contributed by atoms with E-state index in [-0.39, 0.29) is 18.0 Å². The zero-order valence-corrected chi connectivity index (χ0v) is 14.6. The van der Waals surface area contributed by atoms with E-state index in [1.807, 2.05) is 31.2 Å². The summed E-state index contributed by atoms with van der Waals surface area (Å²) < 4.78 is 5.92. The Morgan fingerprint density at radius 2 is 1.74 bits per heavy atom. The molecule has 0 aromatic heterocycles. The monoisotopic (exact) mass is 372 g/mol. The van der Waals surface area contributed by atoms with Crippen LogP contribution in [-0.2, 0) is 9.53 Å². The lowest BCUT2D eigenvalue weighted by Crippen LogP contribution is -2.16. The molecule has 4 heteroatoms. The third-order valence-corrected chi connectivity index (χ3v) is 3.86. The van der Waals surface area contributed by atoms with Crippen molar-refractivity contribution in [1.82, 2.24) is 0 Å². The smallest absolute Gasteiger partial charge is 0.342 e. The van der Waals surface area contributed by atoms with Gasteiger partial charge in [-0.2, -0.15) is 0 Å². The highest BCUT2D eigenvalue weighted by Crippen LogP contribution is 2.18. The lowest BCUT2D eigenvalue weighted by atomic mass is 9.99. The number of carbonyl (C=O) groups is 2. The normalized spacial score (nSPS) is 11.2. The first-order valence-corrected chi connectivity index (χ1v) is 8.07. The molecule has 0 saturated carbocycles. The summed E-state index contributed by atoms with van der Waals surface area (Å²) >= 11 is 3.33. The van der Waals surface area contributed by atoms with E-state index < -0.39 is 5.97 Å². The van der Waals surface area contributed by atoms with Crippen LogP contribution in [0, 0.1) is 6.92 Å². The summed E-state index contributed by atoms with van der Waals surface area (Å²) in [4.78, 5) is 24.9. The minimum absolute atomic E-state index is 0.0310. The quantitative estimate of drug-likeness (QED) is 0.253. The molecule has 2 aromatic rings. The number of hydrogen-bond acceptors (Lipinski definition) is 3. The van der Waals surface area contributed by atoms with Crippen LogP contribution >= 0.6 is 15.9 Å². The number of ether oxygens (including phenoxy) is 1. The predicted molar refractivity (Wildman–Crippen MR) is 94.3 cm³/mol. The van der Waals surface area contributed by atoms with Crippen molar-refractivity contribution in [2.75, 3.05) is 6.61 Å². The van der Waals surface area contributed by atoms with Crippen LogP contribution in [0.25, 0.3) is 6.08 Å². The predicted octanol–water partition coefficient (Wildman–Crippen LogP) is 4.59. The first kappa shape index (κ1) is 17.2. The van der Waals surface area contributed by atoms with Crippen molar-refractivity contribution in [3.63, 3.8) is 0 Å². The first-order chi connectivity index (χ1) is 11.0. The van der Waals surface area contributed by atoms with Gasteiger partial charge in [-0.05, 0) is 55.3 Å². The molecule has 0 aliphatic heterocycles. The average molecular weight is 373 g/mol. The minimum atomic E-state index is -0.608. The van der Waals surface area contributed by atoms with Gasteiger partial charge in [0.25, 0.3) is 0 Å². The van der Waals surface area contributed by atoms with Crippen LogP contribution in [0.1, 0.15) is 28.4 Å². The molecule has 0 saturated heterocycles. The molecule has 0 bridgehead atoms. The van der Waals surface area contributed by atoms with Gasteiger partial charge >= 0.3 is 5.97 Å². The van der Waals surface area contributed by atoms with Crippen molar-refractivity contribution in [3.8, 4) is 0 Å². The Bertz CT molecular complexity index is 745. The third-order valence-electron chi connectivity index (χ3n) is 3.33. The lowest BCUT2D eigenvalue weighted by molar-refractivity contribution is -0.137. The highest BCUT2D eigenvalue weighted by molar-refractivity contribution is 9.10. The molecule has 0 fully saturated rings. The number of aryl methyl sites for hydroxylation is 1. The Morgan fingerprint density at radius 3 is 2.35 bits per heavy atom. The number of ketones is 1. The molecule has 0 atom stereocenters. The van der Waals surface area contributed by atoms with Gasteiger partial charge in [0.1, 0.15) is 5.57 Å². The summed E-state index contributed by atoms with van der Waals surface area (Å²) in [6.45, 7) is 3.86. The summed E-state index contributed by atoms with van der Waals surface area (Å²) in [6, 6.07) is 14.5. The number of hydrogen-bond donors (Lipinski definition) is 0. The van der Waals surface area contributed by atoms with Gasteiger partial charge < -0.3 is 4.74 Å². The van der Waals surface area contributed by atoms with Gasteiger partial charge in [0.05, 0.1) is 6.61 Å². The van der Waals surface area contributed by atoms with Gasteiger partial charge in [-0.1, -0.05) is 40.2 Å². The number of carbonyl (C=O) groups excluding carboxylic acids is 2. The van der Waals surface area contributed by atoms with Crippen LogP contribution in [0.5, 0.6) is 0 Å². The minimum Gasteiger partial charge on any atom is -0.462 e. The number of rotatable bonds is 5. The molecule has 23 heavy (non-hydrogen) atoms. The van der Waals surface area contributed by atoms with Gasteiger partial charge in [0.15, 0.2) is 5.78 Å². The molecule has 2 rings (SSSR count). The van der Waals surface area contributed by atoms with E-state index in [1.165, 1.54) is 0 Å². The molecular formula is C19H17BrO3. The van der Waals surface area contributed by atoms with Crippen molar-refractivity contribution < 1.29 is 14.3 Å². The average Bonchev–Trinajstić information content (AvgIpc) is 2.54. The van der Waals surface area contributed by atoms with E-state index in [1.54, 1.807) is 37.3 Å². The number of Topliss-reactive ketones (excluding diaryl/α,β-unsaturated/α-hetero) is 1. The van der Waals surface area contributed by atoms with Crippen molar-refractivity contribution >= 4 is 33.8 Å². The highest BCUT2D eigenvalue weighted by atomic mass is 79.9. The van der Waals surface area contributed by atoms with Crippen LogP contribution in [0.2, 0.25) is 0 Å². The second kappa shape index (κ2) is 7.88. The zero-order chi connectivity index (χ0) is 16.8. The summed E-state index contributed by atoms with van der Waals surface area (Å²) in [5, 5.41) is 0. The van der Waals surface area contributed by atoms with Crippen molar-refractivity contribution in [2.24, 2.45) is 0 Å². The Hall–Kier alpha value is -2.20. The van der Waals surface area contributed by atoms with Crippen LogP contribution in [0.4, 0.5) is 0 Å². The molecule has 0 aliphatic carbocycles. The molecule has 0 N–H and O–H groups in total. The Labute approximate surface area is 144 Å².